The molecule has 0 saturated carbocycles. The molecule has 1 aliphatic heterocycles. The van der Waals surface area contributed by atoms with Gasteiger partial charge in [-0.2, -0.15) is 0 Å². The number of anilines is 2. The van der Waals surface area contributed by atoms with Crippen LogP contribution in [0.5, 0.6) is 0 Å². The second-order valence-electron chi connectivity index (χ2n) is 8.20. The molecular formula is C25H27ClN4O3. The summed E-state index contributed by atoms with van der Waals surface area (Å²) in [6.07, 6.45) is 1.23. The Balaban J connectivity index is 1.59. The summed E-state index contributed by atoms with van der Waals surface area (Å²) in [5.41, 5.74) is 1.90. The standard InChI is InChI=1S/C25H27ClN4O3/c1-3-29-24(32)22(17(2)30(25(29)33)21-10-5-4-6-11-21)28-14-12-18(13-15-28)23(31)27-20-9-7-8-19(26)16-20/h4-11,16,18H,3,12-15H2,1-2H3,(H,27,31). The van der Waals surface area contributed by atoms with Crippen molar-refractivity contribution in [1.82, 2.24) is 9.13 Å². The van der Waals surface area contributed by atoms with E-state index in [4.69, 9.17) is 11.6 Å². The summed E-state index contributed by atoms with van der Waals surface area (Å²) in [4.78, 5) is 41.1. The summed E-state index contributed by atoms with van der Waals surface area (Å²) < 4.78 is 2.87. The maximum Gasteiger partial charge on any atom is 0.335 e. The second kappa shape index (κ2) is 9.67. The largest absolute Gasteiger partial charge is 0.366 e. The first kappa shape index (κ1) is 22.9. The number of carbonyl (C=O) groups is 1. The van der Waals surface area contributed by atoms with Gasteiger partial charge in [-0.3, -0.25) is 18.7 Å². The molecule has 3 aromatic rings. The summed E-state index contributed by atoms with van der Waals surface area (Å²) in [6, 6.07) is 16.4. The fraction of sp³-hybridized carbons (Fsp3) is 0.320. The molecule has 2 heterocycles. The van der Waals surface area contributed by atoms with Crippen LogP contribution < -0.4 is 21.5 Å². The van der Waals surface area contributed by atoms with Crippen molar-refractivity contribution >= 4 is 28.9 Å². The third kappa shape index (κ3) is 4.59. The van der Waals surface area contributed by atoms with E-state index in [1.165, 1.54) is 4.57 Å². The normalized spacial score (nSPS) is 14.3. The Morgan fingerprint density at radius 3 is 2.39 bits per heavy atom. The molecule has 0 atom stereocenters. The number of halogens is 1. The molecule has 1 aliphatic rings. The van der Waals surface area contributed by atoms with Crippen LogP contribution in [0.2, 0.25) is 5.02 Å². The lowest BCUT2D eigenvalue weighted by Crippen LogP contribution is -2.46. The van der Waals surface area contributed by atoms with E-state index >= 15 is 0 Å². The molecular weight excluding hydrogens is 440 g/mol. The van der Waals surface area contributed by atoms with E-state index in [1.54, 1.807) is 29.7 Å². The fourth-order valence-electron chi connectivity index (χ4n) is 4.44. The molecule has 0 bridgehead atoms. The summed E-state index contributed by atoms with van der Waals surface area (Å²) in [7, 11) is 0. The summed E-state index contributed by atoms with van der Waals surface area (Å²) >= 11 is 6.01. The van der Waals surface area contributed by atoms with Crippen molar-refractivity contribution in [3.63, 3.8) is 0 Å². The van der Waals surface area contributed by atoms with Gasteiger partial charge in [0.2, 0.25) is 5.91 Å². The third-order valence-corrected chi connectivity index (χ3v) is 6.39. The number of benzene rings is 2. The number of hydrogen-bond donors (Lipinski definition) is 1. The van der Waals surface area contributed by atoms with Gasteiger partial charge in [0.25, 0.3) is 5.56 Å². The number of carbonyl (C=O) groups excluding carboxylic acids is 1. The van der Waals surface area contributed by atoms with Gasteiger partial charge in [0, 0.05) is 36.3 Å². The Kier molecular flexibility index (Phi) is 6.70. The maximum atomic E-state index is 13.2. The van der Waals surface area contributed by atoms with E-state index in [0.29, 0.717) is 48.0 Å². The molecule has 1 saturated heterocycles. The van der Waals surface area contributed by atoms with E-state index in [0.717, 1.165) is 5.69 Å². The Hall–Kier alpha value is -3.32. The first-order valence-corrected chi connectivity index (χ1v) is 11.5. The average Bonchev–Trinajstić information content (AvgIpc) is 2.80. The van der Waals surface area contributed by atoms with Gasteiger partial charge in [0.1, 0.15) is 5.69 Å². The van der Waals surface area contributed by atoms with Crippen LogP contribution in [0.3, 0.4) is 0 Å². The minimum absolute atomic E-state index is 0.0473. The topological polar surface area (TPSA) is 76.3 Å². The molecule has 0 radical (unpaired) electrons. The highest BCUT2D eigenvalue weighted by Gasteiger charge is 2.29. The van der Waals surface area contributed by atoms with Gasteiger partial charge in [0.05, 0.1) is 11.4 Å². The van der Waals surface area contributed by atoms with Crippen molar-refractivity contribution in [2.45, 2.75) is 33.2 Å². The zero-order valence-electron chi connectivity index (χ0n) is 18.8. The Bertz CT molecular complexity index is 1280. The Morgan fingerprint density at radius 2 is 1.76 bits per heavy atom. The van der Waals surface area contributed by atoms with Gasteiger partial charge in [-0.1, -0.05) is 35.9 Å². The molecule has 7 nitrogen and oxygen atoms in total. The fourth-order valence-corrected chi connectivity index (χ4v) is 4.63. The number of nitrogens with zero attached hydrogens (tertiary/aromatic N) is 3. The van der Waals surface area contributed by atoms with Crippen LogP contribution >= 0.6 is 11.6 Å². The number of aromatic nitrogens is 2. The van der Waals surface area contributed by atoms with Gasteiger partial charge in [-0.15, -0.1) is 0 Å². The first-order chi connectivity index (χ1) is 15.9. The van der Waals surface area contributed by atoms with Crippen molar-refractivity contribution in [3.8, 4) is 5.69 Å². The molecule has 1 aromatic heterocycles. The summed E-state index contributed by atoms with van der Waals surface area (Å²) in [5.74, 6) is -0.206. The van der Waals surface area contributed by atoms with Gasteiger partial charge in [-0.05, 0) is 57.0 Å². The van der Waals surface area contributed by atoms with Gasteiger partial charge >= 0.3 is 5.69 Å². The highest BCUT2D eigenvalue weighted by Crippen LogP contribution is 2.25. The molecule has 0 unspecified atom stereocenters. The van der Waals surface area contributed by atoms with E-state index in [9.17, 15) is 14.4 Å². The van der Waals surface area contributed by atoms with Crippen molar-refractivity contribution in [3.05, 3.63) is 86.2 Å². The molecule has 0 aliphatic carbocycles. The number of hydrogen-bond acceptors (Lipinski definition) is 4. The number of para-hydroxylation sites is 1. The van der Waals surface area contributed by atoms with Crippen molar-refractivity contribution < 1.29 is 4.79 Å². The van der Waals surface area contributed by atoms with E-state index < -0.39 is 0 Å². The SMILES string of the molecule is CCn1c(=O)c(N2CCC(C(=O)Nc3cccc(Cl)c3)CC2)c(C)n(-c2ccccc2)c1=O. The maximum absolute atomic E-state index is 13.2. The van der Waals surface area contributed by atoms with E-state index in [1.807, 2.05) is 48.2 Å². The number of nitrogens with one attached hydrogen (secondary N) is 1. The molecule has 0 spiro atoms. The monoisotopic (exact) mass is 466 g/mol. The van der Waals surface area contributed by atoms with Crippen LogP contribution in [0.1, 0.15) is 25.5 Å². The smallest absolute Gasteiger partial charge is 0.335 e. The Labute approximate surface area is 197 Å². The van der Waals surface area contributed by atoms with Gasteiger partial charge in [-0.25, -0.2) is 4.79 Å². The molecule has 2 aromatic carbocycles. The van der Waals surface area contributed by atoms with Crippen molar-refractivity contribution in [2.75, 3.05) is 23.3 Å². The first-order valence-electron chi connectivity index (χ1n) is 11.1. The van der Waals surface area contributed by atoms with Crippen molar-refractivity contribution in [2.24, 2.45) is 5.92 Å². The molecule has 8 heteroatoms. The quantitative estimate of drug-likeness (QED) is 0.620. The van der Waals surface area contributed by atoms with Crippen LogP contribution in [0.25, 0.3) is 5.69 Å². The third-order valence-electron chi connectivity index (χ3n) is 6.15. The lowest BCUT2D eigenvalue weighted by molar-refractivity contribution is -0.120. The van der Waals surface area contributed by atoms with Crippen LogP contribution in [0, 0.1) is 12.8 Å². The molecule has 33 heavy (non-hydrogen) atoms. The van der Waals surface area contributed by atoms with Crippen LogP contribution in [0.4, 0.5) is 11.4 Å². The predicted molar refractivity (Wildman–Crippen MR) is 132 cm³/mol. The molecule has 1 N–H and O–H groups in total. The minimum atomic E-state index is -0.342. The predicted octanol–water partition coefficient (Wildman–Crippen LogP) is 3.84. The minimum Gasteiger partial charge on any atom is -0.366 e. The summed E-state index contributed by atoms with van der Waals surface area (Å²) in [5, 5.41) is 3.50. The highest BCUT2D eigenvalue weighted by atomic mass is 35.5. The van der Waals surface area contributed by atoms with Crippen molar-refractivity contribution in [1.29, 1.82) is 0 Å². The molecule has 1 fully saturated rings. The number of piperidine rings is 1. The zero-order valence-corrected chi connectivity index (χ0v) is 19.5. The summed E-state index contributed by atoms with van der Waals surface area (Å²) in [6.45, 7) is 5.00. The zero-order chi connectivity index (χ0) is 23.5. The lowest BCUT2D eigenvalue weighted by Gasteiger charge is -2.34. The highest BCUT2D eigenvalue weighted by molar-refractivity contribution is 6.30. The Morgan fingerprint density at radius 1 is 1.06 bits per heavy atom. The number of amides is 1. The van der Waals surface area contributed by atoms with Crippen LogP contribution in [-0.4, -0.2) is 28.1 Å². The molecule has 4 rings (SSSR count). The molecule has 172 valence electrons. The van der Waals surface area contributed by atoms with E-state index in [-0.39, 0.29) is 29.6 Å². The van der Waals surface area contributed by atoms with Crippen LogP contribution in [-0.2, 0) is 11.3 Å². The number of rotatable bonds is 5. The van der Waals surface area contributed by atoms with Gasteiger partial charge < -0.3 is 10.2 Å². The van der Waals surface area contributed by atoms with Gasteiger partial charge in [0.15, 0.2) is 0 Å². The second-order valence-corrected chi connectivity index (χ2v) is 8.63. The average molecular weight is 467 g/mol. The van der Waals surface area contributed by atoms with Crippen LogP contribution in [0.15, 0.2) is 64.2 Å². The molecule has 1 amide bonds. The lowest BCUT2D eigenvalue weighted by atomic mass is 9.95. The van der Waals surface area contributed by atoms with E-state index in [2.05, 4.69) is 5.32 Å².